The van der Waals surface area contributed by atoms with Gasteiger partial charge in [-0.3, -0.25) is 19.1 Å². The lowest BCUT2D eigenvalue weighted by Crippen LogP contribution is -2.48. The van der Waals surface area contributed by atoms with Crippen LogP contribution in [0.3, 0.4) is 0 Å². The van der Waals surface area contributed by atoms with Crippen LogP contribution in [0.2, 0.25) is 0 Å². The average molecular weight is 583 g/mol. The highest BCUT2D eigenvalue weighted by molar-refractivity contribution is 5.83. The van der Waals surface area contributed by atoms with E-state index in [9.17, 15) is 14.4 Å². The number of unbranched alkanes of at least 4 members (excludes halogenated alkanes) is 8. The van der Waals surface area contributed by atoms with Crippen molar-refractivity contribution in [2.75, 3.05) is 13.1 Å². The number of ether oxygens (including phenoxy) is 1. The van der Waals surface area contributed by atoms with Crippen LogP contribution < -0.4 is 22.3 Å². The van der Waals surface area contributed by atoms with Crippen molar-refractivity contribution in [1.29, 1.82) is 0 Å². The summed E-state index contributed by atoms with van der Waals surface area (Å²) in [4.78, 5) is 43.5. The summed E-state index contributed by atoms with van der Waals surface area (Å²) in [5.74, 6) is 0.923. The Morgan fingerprint density at radius 1 is 0.976 bits per heavy atom. The maximum atomic E-state index is 12.6. The number of Topliss-reactive ketones (excluding diaryl/α,β-unsaturated/α-hetero) is 1. The minimum atomic E-state index is -0.583. The number of carbonyl (C=O) groups excluding carboxylic acids is 1. The molecule has 2 heterocycles. The summed E-state index contributed by atoms with van der Waals surface area (Å²) >= 11 is 0. The van der Waals surface area contributed by atoms with Crippen LogP contribution >= 0.6 is 0 Å². The number of nitrogens with zero attached hydrogens (tertiary/aromatic N) is 3. The van der Waals surface area contributed by atoms with Crippen molar-refractivity contribution in [3.63, 3.8) is 0 Å². The van der Waals surface area contributed by atoms with Gasteiger partial charge in [-0.2, -0.15) is 0 Å². The molecule has 232 valence electrons. The molecule has 1 aromatic carbocycles. The summed E-state index contributed by atoms with van der Waals surface area (Å²) in [6.07, 6.45) is 12.0. The van der Waals surface area contributed by atoms with Crippen molar-refractivity contribution in [3.8, 4) is 0 Å². The molecule has 0 saturated heterocycles. The number of aryl methyl sites for hydroxylation is 3. The van der Waals surface area contributed by atoms with Crippen LogP contribution in [0.1, 0.15) is 88.9 Å². The number of aromatic amines is 1. The lowest BCUT2D eigenvalue weighted by Gasteiger charge is -2.23. The van der Waals surface area contributed by atoms with Gasteiger partial charge in [0.1, 0.15) is 11.9 Å². The minimum absolute atomic E-state index is 0.0811. The van der Waals surface area contributed by atoms with E-state index in [0.29, 0.717) is 30.7 Å². The van der Waals surface area contributed by atoms with Crippen molar-refractivity contribution in [2.24, 2.45) is 19.8 Å². The largest absolute Gasteiger partial charge is 0.364 e. The molecule has 0 radical (unpaired) electrons. The predicted molar refractivity (Wildman–Crippen MR) is 168 cm³/mol. The van der Waals surface area contributed by atoms with Gasteiger partial charge >= 0.3 is 5.69 Å². The molecule has 0 spiro atoms. The molecule has 3 aromatic rings. The van der Waals surface area contributed by atoms with E-state index in [4.69, 9.17) is 10.5 Å². The van der Waals surface area contributed by atoms with Crippen molar-refractivity contribution < 1.29 is 9.53 Å². The molecule has 0 bridgehead atoms. The Kier molecular flexibility index (Phi) is 14.1. The molecule has 0 aliphatic rings. The molecular weight excluding hydrogens is 532 g/mol. The minimum Gasteiger partial charge on any atom is -0.364 e. The first-order valence-electron chi connectivity index (χ1n) is 15.6. The Hall–Kier alpha value is -3.08. The molecule has 2 atom stereocenters. The first-order valence-corrected chi connectivity index (χ1v) is 15.6. The number of fused-ring (bicyclic) bond motifs is 1. The highest BCUT2D eigenvalue weighted by atomic mass is 16.5. The van der Waals surface area contributed by atoms with Crippen LogP contribution in [0.15, 0.2) is 39.9 Å². The molecule has 0 aliphatic heterocycles. The van der Waals surface area contributed by atoms with Crippen molar-refractivity contribution >= 4 is 16.9 Å². The number of hydrogen-bond donors (Lipinski definition) is 3. The molecule has 0 fully saturated rings. The second-order valence-electron chi connectivity index (χ2n) is 11.3. The molecule has 0 saturated carbocycles. The second-order valence-corrected chi connectivity index (χ2v) is 11.3. The number of nitrogens with two attached hydrogens (primary N) is 1. The number of imidazole rings is 1. The number of aromatic nitrogens is 4. The molecule has 2 unspecified atom stereocenters. The van der Waals surface area contributed by atoms with E-state index in [1.807, 2.05) is 44.3 Å². The van der Waals surface area contributed by atoms with Crippen molar-refractivity contribution in [3.05, 3.63) is 62.6 Å². The number of hydrogen-bond acceptors (Lipinski definition) is 7. The fourth-order valence-corrected chi connectivity index (χ4v) is 5.33. The van der Waals surface area contributed by atoms with E-state index in [-0.39, 0.29) is 17.4 Å². The lowest BCUT2D eigenvalue weighted by atomic mass is 10.0. The summed E-state index contributed by atoms with van der Waals surface area (Å²) in [7, 11) is 3.46. The maximum absolute atomic E-state index is 12.6. The zero-order valence-electron chi connectivity index (χ0n) is 25.7. The van der Waals surface area contributed by atoms with E-state index in [2.05, 4.69) is 15.3 Å². The molecular formula is C32H50N6O4. The number of ketones is 1. The number of benzene rings is 1. The number of H-pyrrole nitrogens is 1. The van der Waals surface area contributed by atoms with Gasteiger partial charge in [0, 0.05) is 33.5 Å². The summed E-state index contributed by atoms with van der Waals surface area (Å²) in [5.41, 5.74) is 7.49. The molecule has 10 heteroatoms. The van der Waals surface area contributed by atoms with Gasteiger partial charge in [0.15, 0.2) is 16.9 Å². The van der Waals surface area contributed by atoms with E-state index < -0.39 is 11.8 Å². The summed E-state index contributed by atoms with van der Waals surface area (Å²) in [6.45, 7) is 3.85. The van der Waals surface area contributed by atoms with Crippen molar-refractivity contribution in [2.45, 2.75) is 103 Å². The lowest BCUT2D eigenvalue weighted by molar-refractivity contribution is -0.132. The highest BCUT2D eigenvalue weighted by Crippen LogP contribution is 2.14. The van der Waals surface area contributed by atoms with Crippen LogP contribution in [-0.4, -0.2) is 50.1 Å². The first kappa shape index (κ1) is 33.4. The Labute approximate surface area is 249 Å². The number of nitrogens with one attached hydrogen (secondary N) is 2. The van der Waals surface area contributed by atoms with Gasteiger partial charge in [0.25, 0.3) is 5.56 Å². The fraction of sp³-hybridized carbons (Fsp3) is 0.625. The van der Waals surface area contributed by atoms with Gasteiger partial charge in [-0.15, -0.1) is 0 Å². The van der Waals surface area contributed by atoms with E-state index in [1.165, 1.54) is 43.1 Å². The summed E-state index contributed by atoms with van der Waals surface area (Å²) in [5, 5.41) is 3.42. The third-order valence-electron chi connectivity index (χ3n) is 7.84. The van der Waals surface area contributed by atoms with Gasteiger partial charge in [-0.1, -0.05) is 82.2 Å². The summed E-state index contributed by atoms with van der Waals surface area (Å²) < 4.78 is 9.17. The van der Waals surface area contributed by atoms with Crippen LogP contribution in [0.5, 0.6) is 0 Å². The van der Waals surface area contributed by atoms with Crippen LogP contribution in [-0.2, 0) is 36.7 Å². The van der Waals surface area contributed by atoms with Crippen LogP contribution in [0.4, 0.5) is 0 Å². The number of carbonyl (C=O) groups is 1. The fourth-order valence-electron chi connectivity index (χ4n) is 5.33. The van der Waals surface area contributed by atoms with Gasteiger partial charge in [-0.25, -0.2) is 9.78 Å². The summed E-state index contributed by atoms with van der Waals surface area (Å²) in [6, 6.07) is 9.52. The first-order chi connectivity index (χ1) is 20.3. The van der Waals surface area contributed by atoms with Gasteiger partial charge in [-0.05, 0) is 31.4 Å². The van der Waals surface area contributed by atoms with Crippen molar-refractivity contribution in [1.82, 2.24) is 24.4 Å². The second kappa shape index (κ2) is 17.8. The Morgan fingerprint density at radius 3 is 2.29 bits per heavy atom. The maximum Gasteiger partial charge on any atom is 0.329 e. The zero-order valence-corrected chi connectivity index (χ0v) is 25.7. The predicted octanol–water partition coefficient (Wildman–Crippen LogP) is 3.89. The highest BCUT2D eigenvalue weighted by Gasteiger charge is 2.25. The van der Waals surface area contributed by atoms with Gasteiger partial charge < -0.3 is 20.4 Å². The van der Waals surface area contributed by atoms with Crippen LogP contribution in [0.25, 0.3) is 11.2 Å². The van der Waals surface area contributed by atoms with E-state index in [1.54, 1.807) is 11.6 Å². The number of rotatable bonds is 21. The Morgan fingerprint density at radius 2 is 1.62 bits per heavy atom. The molecule has 3 rings (SSSR count). The molecule has 2 aromatic heterocycles. The zero-order chi connectivity index (χ0) is 30.3. The molecule has 4 N–H and O–H groups in total. The Bertz CT molecular complexity index is 1350. The molecule has 0 amide bonds. The SMILES string of the molecule is CCCC(=O)C(OCc1ccccc1)C(N)CNCCCCCCCCCCCc1nc2c(c(=O)[nH]c(=O)n2C)n1C. The normalized spacial score (nSPS) is 13.0. The van der Waals surface area contributed by atoms with Gasteiger partial charge in [0.2, 0.25) is 0 Å². The standard InChI is InChI=1S/C32H50N6O4/c1-4-17-26(39)29(42-23-24-18-13-12-14-19-24)25(33)22-34-21-16-11-9-7-5-6-8-10-15-20-27-35-30-28(37(27)2)31(40)36-32(41)38(30)3/h12-14,18-19,25,29,34H,4-11,15-17,20-23,33H2,1-3H3,(H,36,40,41). The molecule has 10 nitrogen and oxygen atoms in total. The average Bonchev–Trinajstić information content (AvgIpc) is 3.31. The Balaban J connectivity index is 1.22. The third-order valence-corrected chi connectivity index (χ3v) is 7.84. The van der Waals surface area contributed by atoms with E-state index in [0.717, 1.165) is 50.0 Å². The topological polar surface area (TPSA) is 137 Å². The van der Waals surface area contributed by atoms with Gasteiger partial charge in [0.05, 0.1) is 12.6 Å². The quantitative estimate of drug-likeness (QED) is 0.162. The molecule has 42 heavy (non-hydrogen) atoms. The smallest absolute Gasteiger partial charge is 0.329 e. The molecule has 0 aliphatic carbocycles. The monoisotopic (exact) mass is 582 g/mol. The van der Waals surface area contributed by atoms with Crippen LogP contribution in [0, 0.1) is 0 Å². The third kappa shape index (κ3) is 10.0. The van der Waals surface area contributed by atoms with E-state index >= 15 is 0 Å².